The van der Waals surface area contributed by atoms with Crippen LogP contribution < -0.4 is 4.90 Å². The minimum Gasteiger partial charge on any atom is -0.411 e. The molecule has 0 heterocycles. The highest BCUT2D eigenvalue weighted by molar-refractivity contribution is 6.10. The zero-order chi connectivity index (χ0) is 19.3. The van der Waals surface area contributed by atoms with Crippen molar-refractivity contribution >= 4 is 23.0 Å². The van der Waals surface area contributed by atoms with Crippen LogP contribution in [0.4, 0.5) is 11.4 Å². The lowest BCUT2D eigenvalue weighted by Crippen LogP contribution is -2.47. The van der Waals surface area contributed by atoms with E-state index in [1.54, 1.807) is 0 Å². The Hall–Kier alpha value is -2.62. The van der Waals surface area contributed by atoms with E-state index < -0.39 is 5.41 Å². The van der Waals surface area contributed by atoms with Gasteiger partial charge in [-0.3, -0.25) is 9.69 Å². The molecule has 0 radical (unpaired) electrons. The highest BCUT2D eigenvalue weighted by Gasteiger charge is 2.72. The number of para-hydroxylation sites is 2. The molecule has 27 heavy (non-hydrogen) atoms. The van der Waals surface area contributed by atoms with Gasteiger partial charge in [-0.15, -0.1) is 0 Å². The first-order valence-electron chi connectivity index (χ1n) is 9.53. The van der Waals surface area contributed by atoms with Crippen molar-refractivity contribution in [2.24, 2.45) is 21.4 Å². The Morgan fingerprint density at radius 2 is 1.44 bits per heavy atom. The fourth-order valence-corrected chi connectivity index (χ4v) is 5.26. The number of oxime groups is 1. The van der Waals surface area contributed by atoms with Crippen molar-refractivity contribution in [1.29, 1.82) is 0 Å². The Labute approximate surface area is 160 Å². The summed E-state index contributed by atoms with van der Waals surface area (Å²) < 4.78 is 0. The van der Waals surface area contributed by atoms with E-state index in [1.165, 1.54) is 0 Å². The van der Waals surface area contributed by atoms with Gasteiger partial charge in [-0.2, -0.15) is 0 Å². The van der Waals surface area contributed by atoms with Crippen LogP contribution in [-0.2, 0) is 4.79 Å². The number of hydrogen-bond acceptors (Lipinski definition) is 3. The summed E-state index contributed by atoms with van der Waals surface area (Å²) in [6.45, 7) is 6.45. The third-order valence-corrected chi connectivity index (χ3v) is 7.50. The molecule has 0 aliphatic heterocycles. The third kappa shape index (κ3) is 2.22. The molecular formula is C23H26N2O2. The Balaban J connectivity index is 1.86. The number of amides is 1. The quantitative estimate of drug-likeness (QED) is 0.587. The second kappa shape index (κ2) is 5.95. The SMILES string of the molecule is CC12CCC(C(=O)N(c3ccccc3)c3ccccc3)(C/C1=N\O)C2(C)C. The Morgan fingerprint density at radius 1 is 0.926 bits per heavy atom. The van der Waals surface area contributed by atoms with Crippen LogP contribution in [0.5, 0.6) is 0 Å². The fourth-order valence-electron chi connectivity index (χ4n) is 5.26. The van der Waals surface area contributed by atoms with E-state index in [2.05, 4.69) is 25.9 Å². The first kappa shape index (κ1) is 17.8. The largest absolute Gasteiger partial charge is 0.411 e. The van der Waals surface area contributed by atoms with Gasteiger partial charge in [-0.1, -0.05) is 62.3 Å². The number of carbonyl (C=O) groups excluding carboxylic acids is 1. The van der Waals surface area contributed by atoms with E-state index in [9.17, 15) is 10.0 Å². The summed E-state index contributed by atoms with van der Waals surface area (Å²) in [5.41, 5.74) is 1.36. The summed E-state index contributed by atoms with van der Waals surface area (Å²) in [7, 11) is 0. The molecule has 2 saturated carbocycles. The Bertz CT molecular complexity index is 852. The molecule has 2 fully saturated rings. The van der Waals surface area contributed by atoms with Gasteiger partial charge in [0.15, 0.2) is 0 Å². The predicted octanol–water partition coefficient (Wildman–Crippen LogP) is 5.40. The molecule has 2 aliphatic carbocycles. The van der Waals surface area contributed by atoms with Crippen LogP contribution in [0.1, 0.15) is 40.0 Å². The van der Waals surface area contributed by atoms with Gasteiger partial charge in [-0.25, -0.2) is 0 Å². The number of rotatable bonds is 3. The molecular weight excluding hydrogens is 336 g/mol. The van der Waals surface area contributed by atoms with E-state index in [0.29, 0.717) is 6.42 Å². The first-order valence-corrected chi connectivity index (χ1v) is 9.53. The molecule has 4 rings (SSSR count). The van der Waals surface area contributed by atoms with Crippen molar-refractivity contribution in [3.8, 4) is 0 Å². The molecule has 2 atom stereocenters. The average molecular weight is 362 g/mol. The first-order chi connectivity index (χ1) is 12.9. The van der Waals surface area contributed by atoms with Gasteiger partial charge in [0, 0.05) is 23.2 Å². The summed E-state index contributed by atoms with van der Waals surface area (Å²) in [6.07, 6.45) is 2.19. The van der Waals surface area contributed by atoms with E-state index >= 15 is 0 Å². The van der Waals surface area contributed by atoms with Crippen LogP contribution in [0.15, 0.2) is 65.8 Å². The van der Waals surface area contributed by atoms with Crippen molar-refractivity contribution in [1.82, 2.24) is 0 Å². The highest BCUT2D eigenvalue weighted by atomic mass is 16.4. The van der Waals surface area contributed by atoms with Gasteiger partial charge >= 0.3 is 0 Å². The van der Waals surface area contributed by atoms with Crippen LogP contribution in [0.25, 0.3) is 0 Å². The molecule has 2 aromatic rings. The van der Waals surface area contributed by atoms with Crippen LogP contribution in [0.3, 0.4) is 0 Å². The Kier molecular flexibility index (Phi) is 3.91. The molecule has 2 bridgehead atoms. The van der Waals surface area contributed by atoms with Crippen molar-refractivity contribution in [2.45, 2.75) is 40.0 Å². The van der Waals surface area contributed by atoms with Crippen molar-refractivity contribution in [2.75, 3.05) is 4.90 Å². The minimum atomic E-state index is -0.574. The Morgan fingerprint density at radius 3 is 1.89 bits per heavy atom. The molecule has 4 nitrogen and oxygen atoms in total. The maximum atomic E-state index is 14.1. The molecule has 4 heteroatoms. The van der Waals surface area contributed by atoms with Crippen molar-refractivity contribution in [3.63, 3.8) is 0 Å². The molecule has 1 N–H and O–H groups in total. The molecule has 0 aromatic heterocycles. The lowest BCUT2D eigenvalue weighted by atomic mass is 9.64. The third-order valence-electron chi connectivity index (χ3n) is 7.50. The van der Waals surface area contributed by atoms with E-state index in [4.69, 9.17) is 0 Å². The smallest absolute Gasteiger partial charge is 0.238 e. The van der Waals surface area contributed by atoms with Crippen LogP contribution >= 0.6 is 0 Å². The van der Waals surface area contributed by atoms with Gasteiger partial charge in [-0.05, 0) is 42.5 Å². The number of anilines is 2. The van der Waals surface area contributed by atoms with Gasteiger partial charge in [0.25, 0.3) is 0 Å². The molecule has 2 aliphatic rings. The van der Waals surface area contributed by atoms with Gasteiger partial charge < -0.3 is 5.21 Å². The van der Waals surface area contributed by atoms with E-state index in [0.717, 1.165) is 29.9 Å². The number of nitrogens with zero attached hydrogens (tertiary/aromatic N) is 2. The second-order valence-electron chi connectivity index (χ2n) is 8.57. The lowest BCUT2D eigenvalue weighted by molar-refractivity contribution is -0.132. The number of hydrogen-bond donors (Lipinski definition) is 1. The van der Waals surface area contributed by atoms with Crippen molar-refractivity contribution < 1.29 is 10.0 Å². The van der Waals surface area contributed by atoms with Crippen LogP contribution in [0, 0.1) is 16.2 Å². The maximum absolute atomic E-state index is 14.1. The fraction of sp³-hybridized carbons (Fsp3) is 0.391. The maximum Gasteiger partial charge on any atom is 0.238 e. The normalized spacial score (nSPS) is 29.8. The molecule has 2 aromatic carbocycles. The van der Waals surface area contributed by atoms with Crippen LogP contribution in [0.2, 0.25) is 0 Å². The average Bonchev–Trinajstić information content (AvgIpc) is 3.00. The van der Waals surface area contributed by atoms with Gasteiger partial charge in [0.2, 0.25) is 5.91 Å². The topological polar surface area (TPSA) is 52.9 Å². The number of benzene rings is 2. The monoisotopic (exact) mass is 362 g/mol. The van der Waals surface area contributed by atoms with Crippen molar-refractivity contribution in [3.05, 3.63) is 60.7 Å². The lowest BCUT2D eigenvalue weighted by Gasteiger charge is -2.42. The van der Waals surface area contributed by atoms with Gasteiger partial charge in [0.1, 0.15) is 0 Å². The summed E-state index contributed by atoms with van der Waals surface area (Å²) in [5, 5.41) is 13.2. The number of fused-ring (bicyclic) bond motifs is 2. The van der Waals surface area contributed by atoms with Gasteiger partial charge in [0.05, 0.1) is 11.1 Å². The molecule has 2 unspecified atom stereocenters. The molecule has 1 amide bonds. The van der Waals surface area contributed by atoms with Crippen LogP contribution in [-0.4, -0.2) is 16.8 Å². The molecule has 0 spiro atoms. The standard InChI is InChI=1S/C23H26N2O2/c1-21(2)22(3)14-15-23(21,16-19(22)24-27)20(26)25(17-10-6-4-7-11-17)18-12-8-5-9-13-18/h4-13,27H,14-16H2,1-3H3/b24-19+. The summed E-state index contributed by atoms with van der Waals surface area (Å²) in [6, 6.07) is 19.6. The molecule has 0 saturated heterocycles. The second-order valence-corrected chi connectivity index (χ2v) is 8.57. The molecule has 140 valence electrons. The van der Waals surface area contributed by atoms with E-state index in [-0.39, 0.29) is 16.7 Å². The minimum absolute atomic E-state index is 0.0901. The van der Waals surface area contributed by atoms with E-state index in [1.807, 2.05) is 65.6 Å². The highest BCUT2D eigenvalue weighted by Crippen LogP contribution is 2.71. The summed E-state index contributed by atoms with van der Waals surface area (Å²) in [4.78, 5) is 16.0. The summed E-state index contributed by atoms with van der Waals surface area (Å²) in [5.74, 6) is 0.0901. The summed E-state index contributed by atoms with van der Waals surface area (Å²) >= 11 is 0. The zero-order valence-electron chi connectivity index (χ0n) is 16.1. The number of carbonyl (C=O) groups is 1. The zero-order valence-corrected chi connectivity index (χ0v) is 16.1. The predicted molar refractivity (Wildman–Crippen MR) is 107 cm³/mol.